The number of nitrogens with two attached hydrogens (primary N) is 7. The third kappa shape index (κ3) is 21.7. The van der Waals surface area contributed by atoms with E-state index in [0.717, 1.165) is 0 Å². The van der Waals surface area contributed by atoms with E-state index in [2.05, 4.69) is 82.1 Å². The van der Waals surface area contributed by atoms with Crippen LogP contribution in [0, 0.1) is 0 Å². The predicted molar refractivity (Wildman–Crippen MR) is 348 cm³/mol. The van der Waals surface area contributed by atoms with Crippen molar-refractivity contribution in [2.45, 2.75) is 119 Å². The summed E-state index contributed by atoms with van der Waals surface area (Å²) in [6, 6.07) is 12.0. The molecule has 32 nitrogen and oxygen atoms in total. The summed E-state index contributed by atoms with van der Waals surface area (Å²) < 4.78 is 0. The number of guanidine groups is 3. The van der Waals surface area contributed by atoms with E-state index in [1.165, 1.54) is 25.0 Å². The Morgan fingerprint density at radius 2 is 0.774 bits per heavy atom. The molecular weight excluding hydrogens is 1200 g/mol. The zero-order valence-electron chi connectivity index (χ0n) is 51.0. The molecule has 4 heterocycles. The topological polar surface area (TPSA) is 549 Å². The molecule has 3 aromatic carbocycles. The number of nitrogens with one attached hydrogen (secondary N) is 11. The van der Waals surface area contributed by atoms with Gasteiger partial charge in [0.05, 0.1) is 18.7 Å². The summed E-state index contributed by atoms with van der Waals surface area (Å²) in [6.07, 6.45) is 8.66. The Labute approximate surface area is 533 Å². The maximum absolute atomic E-state index is 15.4. The maximum atomic E-state index is 15.4. The van der Waals surface area contributed by atoms with Crippen LogP contribution in [0.1, 0.15) is 66.6 Å². The lowest BCUT2D eigenvalue weighted by Crippen LogP contribution is -2.61. The van der Waals surface area contributed by atoms with Gasteiger partial charge >= 0.3 is 5.97 Å². The molecule has 0 aliphatic rings. The first-order valence-corrected chi connectivity index (χ1v) is 30.1. The SMILES string of the molecule is NC(N)=NCCC[C@H](NC(=O)[C@H](Cc1c[nH]c2ccccc12)NC(=O)[C@H](Cc1c[nH]c2ccccc12)NC(=O)[C@H](CCCN=C(N)N)NC(=O)[C@H](CCCN=C(N)N)NC(=O)[C@H](Cc1cnc[nH]1)NC(=O)[C@@H](N)Cc1cnc[nH]1)C(=O)N[C@@H](Cc1ccccc1)C(=O)O. The van der Waals surface area contributed by atoms with Crippen LogP contribution in [0.25, 0.3) is 21.8 Å². The summed E-state index contributed by atoms with van der Waals surface area (Å²) >= 11 is 0. The molecule has 0 aliphatic carbocycles. The molecule has 0 saturated carbocycles. The first-order chi connectivity index (χ1) is 44.7. The molecule has 0 radical (unpaired) electrons. The maximum Gasteiger partial charge on any atom is 0.326 e. The standard InChI is InChI=1S/C61H81N23O9/c62-41(26-37-30-69-32-76-37)51(85)81-49(27-38-31-70-33-77-38)57(91)80-44(17-8-20-71-59(63)64)52(86)78-45(18-9-21-72-60(65)66)53(87)82-48(25-36-29-75-43-16-7-5-14-40(36)43)56(90)83-47(24-35-28-74-42-15-6-4-13-39(35)42)55(89)79-46(19-10-22-73-61(67)68)54(88)84-50(58(92)93)23-34-11-2-1-3-12-34/h1-7,11-16,28-33,41,44-50,74-75H,8-10,17-27,62H2,(H,69,76)(H,70,77)(H,78,86)(H,79,89)(H,80,91)(H,81,85)(H,82,87)(H,83,90)(H,84,88)(H,92,93)(H4,63,64,71)(H4,65,66,72)(H4,67,68,73)/t41-,44-,45-,46-,47-,48-,49-,50-/m0/s1. The summed E-state index contributed by atoms with van der Waals surface area (Å²) in [5.41, 5.74) is 44.2. The number of hydrogen-bond donors (Lipinski definition) is 19. The molecule has 93 heavy (non-hydrogen) atoms. The van der Waals surface area contributed by atoms with Gasteiger partial charge < -0.3 is 102 Å². The summed E-state index contributed by atoms with van der Waals surface area (Å²) in [6.45, 7) is 0.0674. The van der Waals surface area contributed by atoms with E-state index in [-0.39, 0.29) is 108 Å². The zero-order chi connectivity index (χ0) is 66.8. The number of aliphatic imine (C=N–C) groups is 3. The average Bonchev–Trinajstić information content (AvgIpc) is 1.75. The Morgan fingerprint density at radius 1 is 0.419 bits per heavy atom. The van der Waals surface area contributed by atoms with Gasteiger partial charge in [-0.1, -0.05) is 66.7 Å². The molecule has 32 heteroatoms. The van der Waals surface area contributed by atoms with E-state index in [0.29, 0.717) is 49.9 Å². The average molecular weight is 1280 g/mol. The van der Waals surface area contributed by atoms with E-state index >= 15 is 14.4 Å². The van der Waals surface area contributed by atoms with Crippen molar-refractivity contribution in [3.05, 3.63) is 144 Å². The number of hydrogen-bond acceptors (Lipinski definition) is 14. The molecule has 7 rings (SSSR count). The summed E-state index contributed by atoms with van der Waals surface area (Å²) in [5.74, 6) is -7.84. The first-order valence-electron chi connectivity index (χ1n) is 30.1. The number of carbonyl (C=O) groups is 8. The molecule has 7 aromatic rings. The van der Waals surface area contributed by atoms with Crippen molar-refractivity contribution in [1.82, 2.24) is 67.1 Å². The molecule has 0 fully saturated rings. The largest absolute Gasteiger partial charge is 0.480 e. The van der Waals surface area contributed by atoms with E-state index in [4.69, 9.17) is 40.1 Å². The third-order valence-electron chi connectivity index (χ3n) is 15.0. The second-order valence-electron chi connectivity index (χ2n) is 22.1. The second kappa shape index (κ2) is 34.6. The Kier molecular flexibility index (Phi) is 25.7. The van der Waals surface area contributed by atoms with Crippen LogP contribution in [0.15, 0.2) is 131 Å². The number of aromatic nitrogens is 6. The Morgan fingerprint density at radius 3 is 1.17 bits per heavy atom. The van der Waals surface area contributed by atoms with Crippen LogP contribution >= 0.6 is 0 Å². The highest BCUT2D eigenvalue weighted by Gasteiger charge is 2.36. The van der Waals surface area contributed by atoms with Crippen molar-refractivity contribution in [2.75, 3.05) is 19.6 Å². The minimum atomic E-state index is -1.51. The number of benzene rings is 3. The molecule has 0 bridgehead atoms. The van der Waals surface area contributed by atoms with Gasteiger partial charge in [0.15, 0.2) is 17.9 Å². The normalized spacial score (nSPS) is 13.7. The third-order valence-corrected chi connectivity index (χ3v) is 15.0. The lowest BCUT2D eigenvalue weighted by atomic mass is 10.00. The lowest BCUT2D eigenvalue weighted by Gasteiger charge is -2.28. The number of fused-ring (bicyclic) bond motifs is 2. The van der Waals surface area contributed by atoms with Gasteiger partial charge in [-0.25, -0.2) is 14.8 Å². The monoisotopic (exact) mass is 1280 g/mol. The Hall–Kier alpha value is -11.3. The van der Waals surface area contributed by atoms with Crippen molar-refractivity contribution < 1.29 is 43.5 Å². The number of nitrogens with zero attached hydrogens (tertiary/aromatic N) is 5. The van der Waals surface area contributed by atoms with Gasteiger partial charge in [0.2, 0.25) is 41.4 Å². The molecule has 26 N–H and O–H groups in total. The van der Waals surface area contributed by atoms with Crippen LogP contribution in [-0.4, -0.2) is 168 Å². The van der Waals surface area contributed by atoms with Crippen LogP contribution in [0.2, 0.25) is 0 Å². The number of aromatic amines is 4. The fourth-order valence-electron chi connectivity index (χ4n) is 10.3. The number of aliphatic carboxylic acids is 1. The number of H-pyrrole nitrogens is 4. The van der Waals surface area contributed by atoms with Gasteiger partial charge in [-0.3, -0.25) is 48.5 Å². The van der Waals surface area contributed by atoms with Crippen LogP contribution in [0.3, 0.4) is 0 Å². The number of carboxylic acids is 1. The summed E-state index contributed by atoms with van der Waals surface area (Å²) in [4.78, 5) is 148. The van der Waals surface area contributed by atoms with Gasteiger partial charge in [-0.2, -0.15) is 0 Å². The minimum Gasteiger partial charge on any atom is -0.480 e. The smallest absolute Gasteiger partial charge is 0.326 e. The lowest BCUT2D eigenvalue weighted by molar-refractivity contribution is -0.142. The number of imidazole rings is 2. The summed E-state index contributed by atoms with van der Waals surface area (Å²) in [7, 11) is 0. The predicted octanol–water partition coefficient (Wildman–Crippen LogP) is -2.43. The number of amides is 7. The molecule has 8 atom stereocenters. The van der Waals surface area contributed by atoms with Crippen LogP contribution in [-0.2, 0) is 70.5 Å². The Balaban J connectivity index is 1.20. The van der Waals surface area contributed by atoms with Gasteiger partial charge in [-0.15, -0.1) is 0 Å². The first kappa shape index (κ1) is 69.2. The van der Waals surface area contributed by atoms with Crippen LogP contribution in [0.5, 0.6) is 0 Å². The van der Waals surface area contributed by atoms with Crippen molar-refractivity contribution in [1.29, 1.82) is 0 Å². The van der Waals surface area contributed by atoms with Crippen LogP contribution in [0.4, 0.5) is 0 Å². The van der Waals surface area contributed by atoms with E-state index in [1.54, 1.807) is 54.9 Å². The van der Waals surface area contributed by atoms with Crippen molar-refractivity contribution >= 4 is 87.0 Å². The molecule has 0 aliphatic heterocycles. The molecule has 494 valence electrons. The minimum absolute atomic E-state index is 0.000666. The number of carboxylic acid groups (broad SMARTS) is 1. The van der Waals surface area contributed by atoms with Gasteiger partial charge in [-0.05, 0) is 67.3 Å². The fraction of sp³-hybridized carbons (Fsp3) is 0.361. The van der Waals surface area contributed by atoms with Crippen molar-refractivity contribution in [3.8, 4) is 0 Å². The van der Waals surface area contributed by atoms with E-state index in [1.807, 2.05) is 36.4 Å². The second-order valence-corrected chi connectivity index (χ2v) is 22.1. The highest BCUT2D eigenvalue weighted by molar-refractivity contribution is 5.99. The molecule has 0 unspecified atom stereocenters. The highest BCUT2D eigenvalue weighted by atomic mass is 16.4. The molecule has 0 saturated heterocycles. The van der Waals surface area contributed by atoms with Crippen molar-refractivity contribution in [3.63, 3.8) is 0 Å². The zero-order valence-corrected chi connectivity index (χ0v) is 51.0. The number of para-hydroxylation sites is 2. The van der Waals surface area contributed by atoms with E-state index in [9.17, 15) is 29.1 Å². The molecule has 7 amide bonds. The van der Waals surface area contributed by atoms with E-state index < -0.39 is 95.7 Å². The van der Waals surface area contributed by atoms with Crippen LogP contribution < -0.4 is 77.4 Å². The van der Waals surface area contributed by atoms with Gasteiger partial charge in [0.1, 0.15) is 42.3 Å². The van der Waals surface area contributed by atoms with Gasteiger partial charge in [0, 0.05) is 110 Å². The molecule has 0 spiro atoms. The number of rotatable bonds is 37. The number of carbonyl (C=O) groups excluding carboxylic acids is 7. The fourth-order valence-corrected chi connectivity index (χ4v) is 10.3. The summed E-state index contributed by atoms with van der Waals surface area (Å²) in [5, 5.41) is 30.9. The molecule has 4 aromatic heterocycles. The van der Waals surface area contributed by atoms with Gasteiger partial charge in [0.25, 0.3) is 0 Å². The quantitative estimate of drug-likeness (QED) is 0.0109. The molecular formula is C61H81N23O9. The van der Waals surface area contributed by atoms with Crippen molar-refractivity contribution in [2.24, 2.45) is 55.1 Å². The Bertz CT molecular complexity index is 3710. The highest BCUT2D eigenvalue weighted by Crippen LogP contribution is 2.22.